The minimum absolute atomic E-state index is 0.372. The lowest BCUT2D eigenvalue weighted by molar-refractivity contribution is 0.563. The molecule has 0 fully saturated rings. The van der Waals surface area contributed by atoms with E-state index in [0.717, 1.165) is 32.9 Å². The molecule has 1 N–H and O–H groups in total. The van der Waals surface area contributed by atoms with Gasteiger partial charge in [0.2, 0.25) is 0 Å². The molecule has 6 nitrogen and oxygen atoms in total. The largest absolute Gasteiger partial charge is 0.422 e. The van der Waals surface area contributed by atoms with Crippen LogP contribution < -0.4 is 5.63 Å². The van der Waals surface area contributed by atoms with Gasteiger partial charge in [-0.1, -0.05) is 48.5 Å². The zero-order valence-corrected chi connectivity index (χ0v) is 16.8. The zero-order valence-electron chi connectivity index (χ0n) is 16.8. The number of imidazole rings is 1. The fourth-order valence-electron chi connectivity index (χ4n) is 3.83. The highest BCUT2D eigenvalue weighted by molar-refractivity contribution is 5.92. The van der Waals surface area contributed by atoms with E-state index in [0.29, 0.717) is 22.7 Å². The molecule has 0 bridgehead atoms. The van der Waals surface area contributed by atoms with Gasteiger partial charge in [0.25, 0.3) is 0 Å². The molecular weight excluding hydrogens is 400 g/mol. The fraction of sp³-hybridized carbons (Fsp3) is 0. The van der Waals surface area contributed by atoms with E-state index in [1.807, 2.05) is 72.8 Å². The van der Waals surface area contributed by atoms with Crippen LogP contribution in [0.1, 0.15) is 0 Å². The van der Waals surface area contributed by atoms with Gasteiger partial charge in [0, 0.05) is 10.8 Å². The van der Waals surface area contributed by atoms with E-state index < -0.39 is 5.63 Å². The topological polar surface area (TPSA) is 83.6 Å². The molecule has 0 aliphatic rings. The summed E-state index contributed by atoms with van der Waals surface area (Å²) in [5, 5.41) is 11.8. The molecule has 0 spiro atoms. The molecule has 2 aromatic heterocycles. The van der Waals surface area contributed by atoms with Crippen LogP contribution in [0.4, 0.5) is 11.4 Å². The molecule has 32 heavy (non-hydrogen) atoms. The molecule has 0 atom stereocenters. The number of benzene rings is 4. The van der Waals surface area contributed by atoms with Gasteiger partial charge in [0.05, 0.1) is 22.4 Å². The van der Waals surface area contributed by atoms with Gasteiger partial charge in [-0.25, -0.2) is 9.78 Å². The number of para-hydroxylation sites is 2. The molecule has 152 valence electrons. The third-order valence-electron chi connectivity index (χ3n) is 5.40. The van der Waals surface area contributed by atoms with Gasteiger partial charge < -0.3 is 9.40 Å². The van der Waals surface area contributed by atoms with Crippen molar-refractivity contribution in [1.29, 1.82) is 0 Å². The zero-order chi connectivity index (χ0) is 21.5. The van der Waals surface area contributed by atoms with E-state index in [4.69, 9.17) is 4.42 Å². The Bertz CT molecular complexity index is 1670. The summed E-state index contributed by atoms with van der Waals surface area (Å²) >= 11 is 0. The number of nitrogens with one attached hydrogen (secondary N) is 1. The Balaban J connectivity index is 1.42. The first-order chi connectivity index (χ1) is 15.7. The first-order valence-electron chi connectivity index (χ1n) is 10.2. The van der Waals surface area contributed by atoms with Gasteiger partial charge in [0.1, 0.15) is 17.0 Å². The van der Waals surface area contributed by atoms with Crippen molar-refractivity contribution in [1.82, 2.24) is 9.97 Å². The van der Waals surface area contributed by atoms with Gasteiger partial charge in [-0.15, -0.1) is 5.11 Å². The second-order valence-electron chi connectivity index (χ2n) is 7.47. The lowest BCUT2D eigenvalue weighted by atomic mass is 10.1. The van der Waals surface area contributed by atoms with Crippen molar-refractivity contribution in [3.63, 3.8) is 0 Å². The van der Waals surface area contributed by atoms with E-state index in [2.05, 4.69) is 20.2 Å². The summed E-state index contributed by atoms with van der Waals surface area (Å²) in [5.41, 5.74) is 3.53. The summed E-state index contributed by atoms with van der Waals surface area (Å²) in [6.07, 6.45) is 0. The molecule has 0 amide bonds. The van der Waals surface area contributed by atoms with Gasteiger partial charge in [-0.2, -0.15) is 5.11 Å². The second kappa shape index (κ2) is 7.28. The van der Waals surface area contributed by atoms with Crippen LogP contribution in [0.2, 0.25) is 0 Å². The average molecular weight is 416 g/mol. The van der Waals surface area contributed by atoms with Crippen molar-refractivity contribution in [2.24, 2.45) is 10.2 Å². The van der Waals surface area contributed by atoms with Crippen molar-refractivity contribution in [3.8, 4) is 11.4 Å². The smallest absolute Gasteiger partial charge is 0.347 e. The van der Waals surface area contributed by atoms with E-state index >= 15 is 0 Å². The Morgan fingerprint density at radius 1 is 0.781 bits per heavy atom. The quantitative estimate of drug-likeness (QED) is 0.251. The number of aromatic amines is 1. The molecule has 0 saturated heterocycles. The number of hydrogen-bond acceptors (Lipinski definition) is 5. The molecule has 6 rings (SSSR count). The van der Waals surface area contributed by atoms with E-state index in [-0.39, 0.29) is 0 Å². The van der Waals surface area contributed by atoms with Crippen molar-refractivity contribution in [2.45, 2.75) is 0 Å². The maximum atomic E-state index is 12.6. The molecule has 6 aromatic rings. The number of fused-ring (bicyclic) bond motifs is 3. The molecule has 4 aromatic carbocycles. The Morgan fingerprint density at radius 2 is 1.62 bits per heavy atom. The Kier molecular flexibility index (Phi) is 4.14. The Morgan fingerprint density at radius 3 is 2.56 bits per heavy atom. The van der Waals surface area contributed by atoms with Crippen molar-refractivity contribution >= 4 is 44.1 Å². The number of H-pyrrole nitrogens is 1. The van der Waals surface area contributed by atoms with Crippen LogP contribution in [0.15, 0.2) is 110 Å². The lowest BCUT2D eigenvalue weighted by Crippen LogP contribution is -2.03. The first kappa shape index (κ1) is 18.2. The number of azo groups is 1. The van der Waals surface area contributed by atoms with Crippen molar-refractivity contribution in [2.75, 3.05) is 0 Å². The summed E-state index contributed by atoms with van der Waals surface area (Å²) in [4.78, 5) is 20.3. The number of aromatic nitrogens is 2. The highest BCUT2D eigenvalue weighted by atomic mass is 16.4. The summed E-state index contributed by atoms with van der Waals surface area (Å²) in [6.45, 7) is 0. The van der Waals surface area contributed by atoms with Crippen LogP contribution in [-0.2, 0) is 0 Å². The summed E-state index contributed by atoms with van der Waals surface area (Å²) in [6, 6.07) is 28.8. The van der Waals surface area contributed by atoms with Crippen LogP contribution in [0.5, 0.6) is 0 Å². The van der Waals surface area contributed by atoms with Gasteiger partial charge in [-0.3, -0.25) is 0 Å². The van der Waals surface area contributed by atoms with Crippen LogP contribution in [-0.4, -0.2) is 9.97 Å². The van der Waals surface area contributed by atoms with Crippen LogP contribution in [0.3, 0.4) is 0 Å². The standard InChI is InChI=1S/C26H16N4O2/c31-26-20(25-27-22-9-3-4-10-23(22)28-25)15-17-14-18(12-13-24(17)32-26)29-30-21-11-5-7-16-6-1-2-8-19(16)21/h1-15H,(H,27,28). The first-order valence-corrected chi connectivity index (χ1v) is 10.2. The van der Waals surface area contributed by atoms with Gasteiger partial charge in [0.15, 0.2) is 0 Å². The predicted octanol–water partition coefficient (Wildman–Crippen LogP) is 6.90. The molecule has 2 heterocycles. The highest BCUT2D eigenvalue weighted by Gasteiger charge is 2.12. The molecule has 0 radical (unpaired) electrons. The Hall–Kier alpha value is -4.58. The lowest BCUT2D eigenvalue weighted by Gasteiger charge is -2.02. The third kappa shape index (κ3) is 3.15. The van der Waals surface area contributed by atoms with E-state index in [9.17, 15) is 4.79 Å². The normalized spacial score (nSPS) is 11.8. The molecule has 0 aliphatic carbocycles. The van der Waals surface area contributed by atoms with Crippen molar-refractivity contribution < 1.29 is 4.42 Å². The highest BCUT2D eigenvalue weighted by Crippen LogP contribution is 2.29. The molecule has 0 saturated carbocycles. The summed E-state index contributed by atoms with van der Waals surface area (Å²) < 4.78 is 5.53. The molecule has 0 aliphatic heterocycles. The van der Waals surface area contributed by atoms with E-state index in [1.54, 1.807) is 18.2 Å². The second-order valence-corrected chi connectivity index (χ2v) is 7.47. The maximum Gasteiger partial charge on any atom is 0.347 e. The van der Waals surface area contributed by atoms with Gasteiger partial charge in [-0.05, 0) is 47.9 Å². The predicted molar refractivity (Wildman–Crippen MR) is 126 cm³/mol. The fourth-order valence-corrected chi connectivity index (χ4v) is 3.83. The maximum absolute atomic E-state index is 12.6. The molecular formula is C26H16N4O2. The molecule has 6 heteroatoms. The van der Waals surface area contributed by atoms with Crippen LogP contribution >= 0.6 is 0 Å². The van der Waals surface area contributed by atoms with Crippen LogP contribution in [0, 0.1) is 0 Å². The third-order valence-corrected chi connectivity index (χ3v) is 5.40. The monoisotopic (exact) mass is 416 g/mol. The minimum Gasteiger partial charge on any atom is -0.422 e. The van der Waals surface area contributed by atoms with Gasteiger partial charge >= 0.3 is 5.63 Å². The van der Waals surface area contributed by atoms with Crippen LogP contribution in [0.25, 0.3) is 44.2 Å². The summed E-state index contributed by atoms with van der Waals surface area (Å²) in [5.74, 6) is 0.477. The number of hydrogen-bond donors (Lipinski definition) is 1. The Labute approximate surface area is 181 Å². The SMILES string of the molecule is O=c1oc2ccc(N=Nc3cccc4ccccc34)cc2cc1-c1nc2ccccc2[nH]1. The minimum atomic E-state index is -0.443. The molecule has 0 unspecified atom stereocenters. The number of rotatable bonds is 3. The van der Waals surface area contributed by atoms with E-state index in [1.165, 1.54) is 0 Å². The van der Waals surface area contributed by atoms with Crippen molar-refractivity contribution in [3.05, 3.63) is 101 Å². The number of nitrogens with zero attached hydrogens (tertiary/aromatic N) is 3. The average Bonchev–Trinajstić information content (AvgIpc) is 3.26. The summed E-state index contributed by atoms with van der Waals surface area (Å²) in [7, 11) is 0.